The lowest BCUT2D eigenvalue weighted by Crippen LogP contribution is -2.44. The molecule has 0 aliphatic carbocycles. The van der Waals surface area contributed by atoms with Crippen LogP contribution in [0.25, 0.3) is 0 Å². The van der Waals surface area contributed by atoms with Crippen molar-refractivity contribution in [2.75, 3.05) is 25.5 Å². The van der Waals surface area contributed by atoms with Gasteiger partial charge in [-0.1, -0.05) is 30.3 Å². The van der Waals surface area contributed by atoms with Gasteiger partial charge in [-0.2, -0.15) is 5.10 Å². The Hall–Kier alpha value is -3.26. The van der Waals surface area contributed by atoms with E-state index in [0.717, 1.165) is 17.0 Å². The lowest BCUT2D eigenvalue weighted by atomic mass is 10.0. The van der Waals surface area contributed by atoms with Crippen LogP contribution in [0.4, 0.5) is 5.82 Å². The molecule has 2 N–H and O–H groups in total. The highest BCUT2D eigenvalue weighted by Gasteiger charge is 2.34. The summed E-state index contributed by atoms with van der Waals surface area (Å²) >= 11 is 0. The third-order valence-electron chi connectivity index (χ3n) is 5.26. The lowest BCUT2D eigenvalue weighted by molar-refractivity contribution is -0.00332. The number of ether oxygens (including phenoxy) is 1. The fourth-order valence-electron chi connectivity index (χ4n) is 3.84. The third-order valence-corrected chi connectivity index (χ3v) is 5.26. The number of nitrogens with two attached hydrogens (primary N) is 1. The average Bonchev–Trinajstić information content (AvgIpc) is 3.01. The van der Waals surface area contributed by atoms with Gasteiger partial charge in [-0.25, -0.2) is 9.97 Å². The van der Waals surface area contributed by atoms with Gasteiger partial charge in [-0.05, 0) is 19.4 Å². The van der Waals surface area contributed by atoms with Crippen molar-refractivity contribution >= 4 is 11.7 Å². The third kappa shape index (κ3) is 3.71. The van der Waals surface area contributed by atoms with Crippen LogP contribution < -0.4 is 5.73 Å². The number of nitrogens with zero attached hydrogens (tertiary/aromatic N) is 5. The van der Waals surface area contributed by atoms with Gasteiger partial charge in [-0.3, -0.25) is 9.48 Å². The molecule has 0 saturated carbocycles. The molecule has 0 radical (unpaired) electrons. The summed E-state index contributed by atoms with van der Waals surface area (Å²) < 4.78 is 7.70. The second-order valence-corrected chi connectivity index (χ2v) is 7.11. The highest BCUT2D eigenvalue weighted by atomic mass is 16.5. The largest absolute Gasteiger partial charge is 0.382 e. The summed E-state index contributed by atoms with van der Waals surface area (Å²) in [6.07, 6.45) is 2.96. The zero-order chi connectivity index (χ0) is 20.4. The number of rotatable bonds is 4. The standard InChI is InChI=1S/C21H24N6O2/c1-14-18(15(2)27(25-14)12-16-6-4-3-5-7-16)17-13-29-11-10-26(17)21(28)19-20(22)24-9-8-23-19/h3-9,17H,10-13H2,1-2H3,(H2,22,24). The highest BCUT2D eigenvalue weighted by Crippen LogP contribution is 2.31. The molecule has 4 rings (SSSR count). The summed E-state index contributed by atoms with van der Waals surface area (Å²) in [5.74, 6) is -0.102. The molecule has 0 bridgehead atoms. The second kappa shape index (κ2) is 8.00. The van der Waals surface area contributed by atoms with Gasteiger partial charge in [-0.15, -0.1) is 0 Å². The van der Waals surface area contributed by atoms with Crippen molar-refractivity contribution in [2.45, 2.75) is 26.4 Å². The van der Waals surface area contributed by atoms with Gasteiger partial charge < -0.3 is 15.4 Å². The van der Waals surface area contributed by atoms with Crippen LogP contribution in [0.1, 0.15) is 39.0 Å². The van der Waals surface area contributed by atoms with Crippen molar-refractivity contribution in [2.24, 2.45) is 0 Å². The molecule has 1 atom stereocenters. The quantitative estimate of drug-likeness (QED) is 0.730. The summed E-state index contributed by atoms with van der Waals surface area (Å²) in [5, 5.41) is 4.74. The van der Waals surface area contributed by atoms with Crippen LogP contribution in [-0.2, 0) is 11.3 Å². The number of amides is 1. The summed E-state index contributed by atoms with van der Waals surface area (Å²) in [5.41, 5.74) is 10.2. The summed E-state index contributed by atoms with van der Waals surface area (Å²) in [7, 11) is 0. The van der Waals surface area contributed by atoms with E-state index in [-0.39, 0.29) is 23.5 Å². The SMILES string of the molecule is Cc1nn(Cc2ccccc2)c(C)c1C1COCCN1C(=O)c1nccnc1N. The molecule has 8 nitrogen and oxygen atoms in total. The van der Waals surface area contributed by atoms with Gasteiger partial charge in [0.1, 0.15) is 0 Å². The number of aryl methyl sites for hydroxylation is 1. The molecule has 1 saturated heterocycles. The first-order chi connectivity index (χ1) is 14.1. The zero-order valence-corrected chi connectivity index (χ0v) is 16.6. The van der Waals surface area contributed by atoms with Crippen molar-refractivity contribution in [1.29, 1.82) is 0 Å². The van der Waals surface area contributed by atoms with E-state index in [1.807, 2.05) is 36.7 Å². The van der Waals surface area contributed by atoms with Crippen LogP contribution in [0.5, 0.6) is 0 Å². The molecule has 29 heavy (non-hydrogen) atoms. The van der Waals surface area contributed by atoms with Crippen molar-refractivity contribution in [3.05, 3.63) is 70.9 Å². The Bertz CT molecular complexity index is 1020. The van der Waals surface area contributed by atoms with Gasteiger partial charge in [0.25, 0.3) is 5.91 Å². The minimum Gasteiger partial charge on any atom is -0.382 e. The van der Waals surface area contributed by atoms with Crippen molar-refractivity contribution in [3.63, 3.8) is 0 Å². The molecule has 1 fully saturated rings. The summed E-state index contributed by atoms with van der Waals surface area (Å²) in [6.45, 7) is 6.02. The molecular formula is C21H24N6O2. The van der Waals surface area contributed by atoms with Crippen molar-refractivity contribution in [3.8, 4) is 0 Å². The normalized spacial score (nSPS) is 16.8. The number of carbonyl (C=O) groups is 1. The Morgan fingerprint density at radius 1 is 1.21 bits per heavy atom. The van der Waals surface area contributed by atoms with Crippen LogP contribution >= 0.6 is 0 Å². The molecule has 150 valence electrons. The minimum absolute atomic E-state index is 0.135. The number of hydrogen-bond donors (Lipinski definition) is 1. The molecule has 2 aromatic heterocycles. The molecule has 1 aromatic carbocycles. The maximum atomic E-state index is 13.2. The number of benzene rings is 1. The molecule has 1 aliphatic heterocycles. The van der Waals surface area contributed by atoms with E-state index in [2.05, 4.69) is 22.1 Å². The van der Waals surface area contributed by atoms with E-state index < -0.39 is 0 Å². The first kappa shape index (κ1) is 19.1. The fourth-order valence-corrected chi connectivity index (χ4v) is 3.84. The van der Waals surface area contributed by atoms with Gasteiger partial charge >= 0.3 is 0 Å². The molecule has 1 aliphatic rings. The number of aromatic nitrogens is 4. The zero-order valence-electron chi connectivity index (χ0n) is 16.6. The smallest absolute Gasteiger partial charge is 0.276 e. The molecule has 8 heteroatoms. The average molecular weight is 392 g/mol. The Labute approximate surface area is 169 Å². The van der Waals surface area contributed by atoms with Crippen molar-refractivity contribution in [1.82, 2.24) is 24.6 Å². The number of hydrogen-bond acceptors (Lipinski definition) is 6. The molecular weight excluding hydrogens is 368 g/mol. The number of carbonyl (C=O) groups excluding carboxylic acids is 1. The van der Waals surface area contributed by atoms with Crippen LogP contribution in [0.3, 0.4) is 0 Å². The van der Waals surface area contributed by atoms with Gasteiger partial charge in [0.2, 0.25) is 0 Å². The predicted molar refractivity (Wildman–Crippen MR) is 108 cm³/mol. The van der Waals surface area contributed by atoms with E-state index in [1.54, 1.807) is 4.90 Å². The fraction of sp³-hybridized carbons (Fsp3) is 0.333. The first-order valence-electron chi connectivity index (χ1n) is 9.59. The van der Waals surface area contributed by atoms with Crippen molar-refractivity contribution < 1.29 is 9.53 Å². The number of morpholine rings is 1. The van der Waals surface area contributed by atoms with Gasteiger partial charge in [0.15, 0.2) is 11.5 Å². The molecule has 3 heterocycles. The second-order valence-electron chi connectivity index (χ2n) is 7.11. The van der Waals surface area contributed by atoms with Crippen LogP contribution in [0.2, 0.25) is 0 Å². The van der Waals surface area contributed by atoms with Crippen LogP contribution in [0, 0.1) is 13.8 Å². The van der Waals surface area contributed by atoms with Crippen LogP contribution in [-0.4, -0.2) is 50.3 Å². The Morgan fingerprint density at radius 2 is 1.97 bits per heavy atom. The molecule has 1 unspecified atom stereocenters. The number of anilines is 1. The van der Waals surface area contributed by atoms with Gasteiger partial charge in [0, 0.05) is 30.2 Å². The molecule has 0 spiro atoms. The van der Waals surface area contributed by atoms with E-state index in [9.17, 15) is 4.79 Å². The molecule has 1 amide bonds. The van der Waals surface area contributed by atoms with Crippen LogP contribution in [0.15, 0.2) is 42.7 Å². The minimum atomic E-state index is -0.248. The maximum Gasteiger partial charge on any atom is 0.276 e. The maximum absolute atomic E-state index is 13.2. The van der Waals surface area contributed by atoms with Gasteiger partial charge in [0.05, 0.1) is 31.5 Å². The van der Waals surface area contributed by atoms with E-state index >= 15 is 0 Å². The highest BCUT2D eigenvalue weighted by molar-refractivity contribution is 5.96. The predicted octanol–water partition coefficient (Wildman–Crippen LogP) is 2.13. The Balaban J connectivity index is 1.67. The summed E-state index contributed by atoms with van der Waals surface area (Å²) in [6, 6.07) is 9.93. The van der Waals surface area contributed by atoms with E-state index in [4.69, 9.17) is 15.6 Å². The van der Waals surface area contributed by atoms with E-state index in [0.29, 0.717) is 26.3 Å². The molecule has 3 aromatic rings. The lowest BCUT2D eigenvalue weighted by Gasteiger charge is -2.36. The monoisotopic (exact) mass is 392 g/mol. The Morgan fingerprint density at radius 3 is 2.72 bits per heavy atom. The topological polar surface area (TPSA) is 99.2 Å². The van der Waals surface area contributed by atoms with E-state index in [1.165, 1.54) is 18.0 Å². The summed E-state index contributed by atoms with van der Waals surface area (Å²) in [4.78, 5) is 23.1. The first-order valence-corrected chi connectivity index (χ1v) is 9.59. The number of nitrogen functional groups attached to an aromatic ring is 1. The Kier molecular flexibility index (Phi) is 5.26.